The highest BCUT2D eigenvalue weighted by molar-refractivity contribution is 6.30. The van der Waals surface area contributed by atoms with Crippen molar-refractivity contribution in [1.82, 2.24) is 14.9 Å². The van der Waals surface area contributed by atoms with Gasteiger partial charge in [-0.05, 0) is 42.8 Å². The van der Waals surface area contributed by atoms with Gasteiger partial charge in [-0.25, -0.2) is 4.98 Å². The fraction of sp³-hybridized carbons (Fsp3) is 0.263. The van der Waals surface area contributed by atoms with E-state index >= 15 is 0 Å². The lowest BCUT2D eigenvalue weighted by molar-refractivity contribution is 0.0922. The number of imidazole rings is 1. The summed E-state index contributed by atoms with van der Waals surface area (Å²) in [6.07, 6.45) is 1.79. The molecule has 1 amide bonds. The molecular formula is C19H20ClN3O2. The number of amides is 1. The standard InChI is InChI=1S/C19H20ClN3O2/c1-2-25-10-9-21-19(24)15-5-8-18-17(11-15)22-13-23(18)12-14-3-6-16(20)7-4-14/h3-8,11,13H,2,9-10,12H2,1H3,(H,21,24). The van der Waals surface area contributed by atoms with Crippen molar-refractivity contribution >= 4 is 28.5 Å². The highest BCUT2D eigenvalue weighted by atomic mass is 35.5. The minimum Gasteiger partial charge on any atom is -0.380 e. The Bertz CT molecular complexity index is 859. The predicted octanol–water partition coefficient (Wildman–Crippen LogP) is 3.50. The van der Waals surface area contributed by atoms with Crippen molar-refractivity contribution in [3.63, 3.8) is 0 Å². The van der Waals surface area contributed by atoms with E-state index in [-0.39, 0.29) is 5.91 Å². The van der Waals surface area contributed by atoms with Gasteiger partial charge in [0.2, 0.25) is 0 Å². The van der Waals surface area contributed by atoms with Crippen LogP contribution >= 0.6 is 11.6 Å². The quantitative estimate of drug-likeness (QED) is 0.658. The zero-order chi connectivity index (χ0) is 17.6. The molecule has 5 nitrogen and oxygen atoms in total. The van der Waals surface area contributed by atoms with Crippen LogP contribution in [0.2, 0.25) is 5.02 Å². The van der Waals surface area contributed by atoms with Gasteiger partial charge in [0.15, 0.2) is 0 Å². The number of hydrogen-bond donors (Lipinski definition) is 1. The first kappa shape index (κ1) is 17.5. The third-order valence-electron chi connectivity index (χ3n) is 3.89. The molecule has 0 aliphatic heterocycles. The fourth-order valence-corrected chi connectivity index (χ4v) is 2.73. The summed E-state index contributed by atoms with van der Waals surface area (Å²) >= 11 is 5.92. The summed E-state index contributed by atoms with van der Waals surface area (Å²) in [6.45, 7) is 4.28. The van der Waals surface area contributed by atoms with E-state index in [4.69, 9.17) is 16.3 Å². The second-order valence-corrected chi connectivity index (χ2v) is 6.09. The van der Waals surface area contributed by atoms with Gasteiger partial charge in [0, 0.05) is 30.3 Å². The average molecular weight is 358 g/mol. The van der Waals surface area contributed by atoms with Crippen LogP contribution in [0.5, 0.6) is 0 Å². The number of halogens is 1. The highest BCUT2D eigenvalue weighted by Crippen LogP contribution is 2.17. The van der Waals surface area contributed by atoms with Crippen molar-refractivity contribution in [1.29, 1.82) is 0 Å². The second kappa shape index (κ2) is 8.14. The lowest BCUT2D eigenvalue weighted by Crippen LogP contribution is -2.27. The lowest BCUT2D eigenvalue weighted by Gasteiger charge is -2.07. The van der Waals surface area contributed by atoms with Crippen LogP contribution in [0.3, 0.4) is 0 Å². The van der Waals surface area contributed by atoms with Gasteiger partial charge >= 0.3 is 0 Å². The largest absolute Gasteiger partial charge is 0.380 e. The van der Waals surface area contributed by atoms with E-state index in [0.717, 1.165) is 21.6 Å². The van der Waals surface area contributed by atoms with Gasteiger partial charge in [-0.2, -0.15) is 0 Å². The second-order valence-electron chi connectivity index (χ2n) is 5.66. The summed E-state index contributed by atoms with van der Waals surface area (Å²) in [5, 5.41) is 3.56. The van der Waals surface area contributed by atoms with Crippen molar-refractivity contribution in [2.45, 2.75) is 13.5 Å². The Balaban J connectivity index is 1.72. The van der Waals surface area contributed by atoms with Gasteiger partial charge in [0.25, 0.3) is 5.91 Å². The molecule has 1 aromatic heterocycles. The van der Waals surface area contributed by atoms with Crippen LogP contribution in [0.25, 0.3) is 11.0 Å². The molecule has 0 aliphatic carbocycles. The highest BCUT2D eigenvalue weighted by Gasteiger charge is 2.09. The number of carbonyl (C=O) groups is 1. The third kappa shape index (κ3) is 4.38. The molecule has 0 unspecified atom stereocenters. The van der Waals surface area contributed by atoms with Gasteiger partial charge in [-0.1, -0.05) is 23.7 Å². The summed E-state index contributed by atoms with van der Waals surface area (Å²) in [6, 6.07) is 13.3. The van der Waals surface area contributed by atoms with Crippen LogP contribution in [-0.4, -0.2) is 35.2 Å². The molecule has 0 bridgehead atoms. The molecule has 1 heterocycles. The molecule has 0 saturated heterocycles. The molecule has 130 valence electrons. The van der Waals surface area contributed by atoms with Crippen LogP contribution in [0, 0.1) is 0 Å². The number of nitrogens with zero attached hydrogens (tertiary/aromatic N) is 2. The molecular weight excluding hydrogens is 338 g/mol. The van der Waals surface area contributed by atoms with Crippen molar-refractivity contribution in [2.75, 3.05) is 19.8 Å². The molecule has 3 aromatic rings. The number of fused-ring (bicyclic) bond motifs is 1. The molecule has 2 aromatic carbocycles. The molecule has 0 radical (unpaired) electrons. The Morgan fingerprint density at radius 3 is 2.80 bits per heavy atom. The van der Waals surface area contributed by atoms with Crippen LogP contribution in [-0.2, 0) is 11.3 Å². The van der Waals surface area contributed by atoms with Crippen LogP contribution < -0.4 is 5.32 Å². The van der Waals surface area contributed by atoms with Gasteiger partial charge in [0.05, 0.1) is 24.0 Å². The molecule has 0 saturated carbocycles. The first-order chi connectivity index (χ1) is 12.2. The average Bonchev–Trinajstić information content (AvgIpc) is 3.02. The summed E-state index contributed by atoms with van der Waals surface area (Å²) in [7, 11) is 0. The van der Waals surface area contributed by atoms with Crippen molar-refractivity contribution < 1.29 is 9.53 Å². The number of nitrogens with one attached hydrogen (secondary N) is 1. The third-order valence-corrected chi connectivity index (χ3v) is 4.14. The number of carbonyl (C=O) groups excluding carboxylic acids is 1. The molecule has 6 heteroatoms. The van der Waals surface area contributed by atoms with E-state index in [9.17, 15) is 4.79 Å². The van der Waals surface area contributed by atoms with Gasteiger partial charge < -0.3 is 14.6 Å². The maximum atomic E-state index is 12.2. The molecule has 25 heavy (non-hydrogen) atoms. The number of rotatable bonds is 7. The number of ether oxygens (including phenoxy) is 1. The van der Waals surface area contributed by atoms with Gasteiger partial charge in [-0.3, -0.25) is 4.79 Å². The Kier molecular flexibility index (Phi) is 5.68. The minimum absolute atomic E-state index is 0.117. The Labute approximate surface area is 151 Å². The van der Waals surface area contributed by atoms with E-state index in [1.54, 1.807) is 6.33 Å². The molecule has 0 spiro atoms. The van der Waals surface area contributed by atoms with Gasteiger partial charge in [0.1, 0.15) is 0 Å². The van der Waals surface area contributed by atoms with Crippen molar-refractivity contribution in [3.8, 4) is 0 Å². The monoisotopic (exact) mass is 357 g/mol. The first-order valence-corrected chi connectivity index (χ1v) is 8.60. The molecule has 0 atom stereocenters. The maximum absolute atomic E-state index is 12.2. The Hall–Kier alpha value is -2.37. The predicted molar refractivity (Wildman–Crippen MR) is 99.1 cm³/mol. The van der Waals surface area contributed by atoms with Crippen LogP contribution in [0.1, 0.15) is 22.8 Å². The van der Waals surface area contributed by atoms with E-state index in [2.05, 4.69) is 14.9 Å². The molecule has 0 fully saturated rings. The zero-order valence-corrected chi connectivity index (χ0v) is 14.8. The Morgan fingerprint density at radius 2 is 2.04 bits per heavy atom. The number of benzene rings is 2. The normalized spacial score (nSPS) is 11.0. The topological polar surface area (TPSA) is 56.1 Å². The molecule has 3 rings (SSSR count). The number of aromatic nitrogens is 2. The number of hydrogen-bond acceptors (Lipinski definition) is 3. The smallest absolute Gasteiger partial charge is 0.251 e. The van der Waals surface area contributed by atoms with Crippen molar-refractivity contribution in [3.05, 3.63) is 64.9 Å². The molecule has 0 aliphatic rings. The SMILES string of the molecule is CCOCCNC(=O)c1ccc2c(c1)ncn2Cc1ccc(Cl)cc1. The van der Waals surface area contributed by atoms with Crippen molar-refractivity contribution in [2.24, 2.45) is 0 Å². The first-order valence-electron chi connectivity index (χ1n) is 8.22. The lowest BCUT2D eigenvalue weighted by atomic mass is 10.1. The van der Waals surface area contributed by atoms with Crippen LogP contribution in [0.4, 0.5) is 0 Å². The van der Waals surface area contributed by atoms with E-state index in [1.165, 1.54) is 0 Å². The van der Waals surface area contributed by atoms with E-state index in [0.29, 0.717) is 31.9 Å². The molecule has 1 N–H and O–H groups in total. The minimum atomic E-state index is -0.117. The van der Waals surface area contributed by atoms with E-state index < -0.39 is 0 Å². The van der Waals surface area contributed by atoms with Gasteiger partial charge in [-0.15, -0.1) is 0 Å². The summed E-state index contributed by atoms with van der Waals surface area (Å²) in [5.41, 5.74) is 3.52. The maximum Gasteiger partial charge on any atom is 0.251 e. The summed E-state index contributed by atoms with van der Waals surface area (Å²) in [5.74, 6) is -0.117. The Morgan fingerprint density at radius 1 is 1.24 bits per heavy atom. The fourth-order valence-electron chi connectivity index (χ4n) is 2.60. The zero-order valence-electron chi connectivity index (χ0n) is 14.0. The summed E-state index contributed by atoms with van der Waals surface area (Å²) in [4.78, 5) is 16.6. The summed E-state index contributed by atoms with van der Waals surface area (Å²) < 4.78 is 7.27. The van der Waals surface area contributed by atoms with Crippen LogP contribution in [0.15, 0.2) is 48.8 Å². The van der Waals surface area contributed by atoms with E-state index in [1.807, 2.05) is 49.4 Å².